The normalized spacial score (nSPS) is 10.1. The van der Waals surface area contributed by atoms with Crippen LogP contribution in [0.2, 0.25) is 5.02 Å². The summed E-state index contributed by atoms with van der Waals surface area (Å²) in [6, 6.07) is 4.45. The molecule has 0 spiro atoms. The van der Waals surface area contributed by atoms with Crippen molar-refractivity contribution in [3.05, 3.63) is 33.0 Å². The number of halogens is 1. The standard InChI is InChI=1S/C8H3ClN4O2/c9-4-1-5-8(6(3-10)12-11-5)7(2-4)13(14)15/h1-2H,(H,11,12). The van der Waals surface area contributed by atoms with E-state index in [2.05, 4.69) is 10.2 Å². The van der Waals surface area contributed by atoms with Crippen LogP contribution in [0.3, 0.4) is 0 Å². The van der Waals surface area contributed by atoms with Gasteiger partial charge in [0.05, 0.1) is 10.4 Å². The third-order valence-electron chi connectivity index (χ3n) is 1.91. The summed E-state index contributed by atoms with van der Waals surface area (Å²) in [5, 5.41) is 26.0. The van der Waals surface area contributed by atoms with Crippen molar-refractivity contribution in [1.82, 2.24) is 10.2 Å². The Kier molecular flexibility index (Phi) is 2.02. The van der Waals surface area contributed by atoms with E-state index in [1.165, 1.54) is 12.1 Å². The average molecular weight is 223 g/mol. The number of nitriles is 1. The number of hydrogen-bond donors (Lipinski definition) is 1. The second-order valence-electron chi connectivity index (χ2n) is 2.79. The summed E-state index contributed by atoms with van der Waals surface area (Å²) in [5.41, 5.74) is 0.155. The molecule has 15 heavy (non-hydrogen) atoms. The van der Waals surface area contributed by atoms with E-state index in [1.807, 2.05) is 0 Å². The van der Waals surface area contributed by atoms with Crippen molar-refractivity contribution >= 4 is 28.2 Å². The van der Waals surface area contributed by atoms with Gasteiger partial charge in [0.1, 0.15) is 11.5 Å². The third kappa shape index (κ3) is 1.39. The number of fused-ring (bicyclic) bond motifs is 1. The van der Waals surface area contributed by atoms with Crippen molar-refractivity contribution in [3.63, 3.8) is 0 Å². The molecule has 74 valence electrons. The number of rotatable bonds is 1. The van der Waals surface area contributed by atoms with Gasteiger partial charge in [-0.15, -0.1) is 0 Å². The van der Waals surface area contributed by atoms with E-state index in [0.717, 1.165) is 0 Å². The van der Waals surface area contributed by atoms with Crippen LogP contribution in [0.5, 0.6) is 0 Å². The minimum atomic E-state index is -0.593. The summed E-state index contributed by atoms with van der Waals surface area (Å²) in [6.45, 7) is 0. The first-order valence-electron chi connectivity index (χ1n) is 3.85. The minimum absolute atomic E-state index is 0.00614. The second kappa shape index (κ2) is 3.22. The highest BCUT2D eigenvalue weighted by atomic mass is 35.5. The fraction of sp³-hybridized carbons (Fsp3) is 0. The van der Waals surface area contributed by atoms with E-state index in [9.17, 15) is 10.1 Å². The van der Waals surface area contributed by atoms with Crippen molar-refractivity contribution in [2.45, 2.75) is 0 Å². The SMILES string of the molecule is N#Cc1n[nH]c2cc(Cl)cc([N+](=O)[O-])c12. The molecule has 0 radical (unpaired) electrons. The number of aromatic amines is 1. The number of hydrogen-bond acceptors (Lipinski definition) is 4. The van der Waals surface area contributed by atoms with E-state index < -0.39 is 4.92 Å². The highest BCUT2D eigenvalue weighted by Gasteiger charge is 2.19. The highest BCUT2D eigenvalue weighted by Crippen LogP contribution is 2.30. The van der Waals surface area contributed by atoms with Crippen molar-refractivity contribution in [1.29, 1.82) is 5.26 Å². The van der Waals surface area contributed by atoms with Crippen molar-refractivity contribution in [2.24, 2.45) is 0 Å². The molecule has 2 aromatic rings. The van der Waals surface area contributed by atoms with Crippen LogP contribution >= 0.6 is 11.6 Å². The molecule has 0 bridgehead atoms. The van der Waals surface area contributed by atoms with E-state index in [1.54, 1.807) is 6.07 Å². The molecule has 1 N–H and O–H groups in total. The van der Waals surface area contributed by atoms with Gasteiger partial charge < -0.3 is 0 Å². The molecule has 0 aliphatic rings. The lowest BCUT2D eigenvalue weighted by molar-refractivity contribution is -0.383. The molecule has 0 amide bonds. The molecular weight excluding hydrogens is 220 g/mol. The van der Waals surface area contributed by atoms with Crippen molar-refractivity contribution < 1.29 is 4.92 Å². The zero-order chi connectivity index (χ0) is 11.0. The molecule has 0 aliphatic heterocycles. The van der Waals surface area contributed by atoms with Crippen LogP contribution in [-0.2, 0) is 0 Å². The molecule has 0 atom stereocenters. The molecule has 0 fully saturated rings. The predicted molar refractivity (Wildman–Crippen MR) is 52.5 cm³/mol. The quantitative estimate of drug-likeness (QED) is 0.590. The summed E-state index contributed by atoms with van der Waals surface area (Å²) in [6.07, 6.45) is 0. The minimum Gasteiger partial charge on any atom is -0.276 e. The molecule has 1 aromatic heterocycles. The van der Waals surface area contributed by atoms with Gasteiger partial charge in [-0.1, -0.05) is 11.6 Å². The van der Waals surface area contributed by atoms with Gasteiger partial charge in [0, 0.05) is 11.1 Å². The number of benzene rings is 1. The predicted octanol–water partition coefficient (Wildman–Crippen LogP) is 2.00. The van der Waals surface area contributed by atoms with Crippen LogP contribution in [0.15, 0.2) is 12.1 Å². The topological polar surface area (TPSA) is 95.6 Å². The summed E-state index contributed by atoms with van der Waals surface area (Å²) >= 11 is 5.69. The van der Waals surface area contributed by atoms with Crippen LogP contribution in [0.1, 0.15) is 5.69 Å². The Bertz CT molecular complexity index is 598. The first-order valence-corrected chi connectivity index (χ1v) is 4.23. The van der Waals surface area contributed by atoms with E-state index in [0.29, 0.717) is 5.52 Å². The van der Waals surface area contributed by atoms with E-state index in [-0.39, 0.29) is 21.8 Å². The second-order valence-corrected chi connectivity index (χ2v) is 3.23. The van der Waals surface area contributed by atoms with Gasteiger partial charge in [0.25, 0.3) is 5.69 Å². The fourth-order valence-corrected chi connectivity index (χ4v) is 1.54. The smallest absolute Gasteiger partial charge is 0.276 e. The van der Waals surface area contributed by atoms with E-state index >= 15 is 0 Å². The van der Waals surface area contributed by atoms with Gasteiger partial charge in [0.15, 0.2) is 5.69 Å². The summed E-state index contributed by atoms with van der Waals surface area (Å²) in [7, 11) is 0. The van der Waals surface area contributed by atoms with E-state index in [4.69, 9.17) is 16.9 Å². The maximum Gasteiger partial charge on any atom is 0.283 e. The van der Waals surface area contributed by atoms with Crippen LogP contribution in [0, 0.1) is 21.4 Å². The van der Waals surface area contributed by atoms with Crippen LogP contribution in [-0.4, -0.2) is 15.1 Å². The molecule has 6 nitrogen and oxygen atoms in total. The zero-order valence-corrected chi connectivity index (χ0v) is 7.95. The molecule has 0 unspecified atom stereocenters. The lowest BCUT2D eigenvalue weighted by atomic mass is 10.2. The van der Waals surface area contributed by atoms with Crippen LogP contribution in [0.25, 0.3) is 10.9 Å². The largest absolute Gasteiger partial charge is 0.283 e. The number of nitrogens with zero attached hydrogens (tertiary/aromatic N) is 3. The zero-order valence-electron chi connectivity index (χ0n) is 7.19. The summed E-state index contributed by atoms with van der Waals surface area (Å²) in [5.74, 6) is 0. The van der Waals surface area contributed by atoms with Gasteiger partial charge in [-0.05, 0) is 6.07 Å². The summed E-state index contributed by atoms with van der Waals surface area (Å²) in [4.78, 5) is 10.1. The Hall–Kier alpha value is -2.13. The number of nitro benzene ring substituents is 1. The van der Waals surface area contributed by atoms with Gasteiger partial charge in [-0.2, -0.15) is 10.4 Å². The Morgan fingerprint density at radius 1 is 1.60 bits per heavy atom. The van der Waals surface area contributed by atoms with Crippen molar-refractivity contribution in [2.75, 3.05) is 0 Å². The first-order chi connectivity index (χ1) is 7.13. The van der Waals surface area contributed by atoms with Crippen molar-refractivity contribution in [3.8, 4) is 6.07 Å². The Morgan fingerprint density at radius 2 is 2.33 bits per heavy atom. The fourth-order valence-electron chi connectivity index (χ4n) is 1.33. The average Bonchev–Trinajstić information content (AvgIpc) is 2.58. The Labute approximate surface area is 88.2 Å². The Balaban J connectivity index is 2.93. The lowest BCUT2D eigenvalue weighted by Gasteiger charge is -1.94. The maximum absolute atomic E-state index is 10.7. The number of H-pyrrole nitrogens is 1. The summed E-state index contributed by atoms with van der Waals surface area (Å²) < 4.78 is 0. The first kappa shape index (κ1) is 9.43. The van der Waals surface area contributed by atoms with Crippen LogP contribution in [0.4, 0.5) is 5.69 Å². The molecule has 2 rings (SSSR count). The highest BCUT2D eigenvalue weighted by molar-refractivity contribution is 6.31. The molecule has 1 aromatic carbocycles. The Morgan fingerprint density at radius 3 is 2.93 bits per heavy atom. The number of nitro groups is 1. The van der Waals surface area contributed by atoms with Gasteiger partial charge >= 0.3 is 0 Å². The molecule has 1 heterocycles. The maximum atomic E-state index is 10.7. The number of nitrogens with one attached hydrogen (secondary N) is 1. The molecule has 0 saturated heterocycles. The number of aromatic nitrogens is 2. The van der Waals surface area contributed by atoms with Gasteiger partial charge in [0.2, 0.25) is 0 Å². The number of non-ortho nitro benzene ring substituents is 1. The lowest BCUT2D eigenvalue weighted by Crippen LogP contribution is -1.89. The third-order valence-corrected chi connectivity index (χ3v) is 2.13. The van der Waals surface area contributed by atoms with Gasteiger partial charge in [-0.25, -0.2) is 0 Å². The molecule has 0 aliphatic carbocycles. The molecular formula is C8H3ClN4O2. The molecule has 0 saturated carbocycles. The van der Waals surface area contributed by atoms with Crippen LogP contribution < -0.4 is 0 Å². The molecule has 7 heteroatoms. The van der Waals surface area contributed by atoms with Gasteiger partial charge in [-0.3, -0.25) is 15.2 Å². The monoisotopic (exact) mass is 222 g/mol.